The van der Waals surface area contributed by atoms with Gasteiger partial charge in [0.2, 0.25) is 0 Å². The fourth-order valence-corrected chi connectivity index (χ4v) is 3.10. The summed E-state index contributed by atoms with van der Waals surface area (Å²) >= 11 is 4.24. The van der Waals surface area contributed by atoms with Crippen molar-refractivity contribution in [3.05, 3.63) is 0 Å². The Morgan fingerprint density at radius 1 is 0.381 bits per heavy atom. The van der Waals surface area contributed by atoms with Crippen molar-refractivity contribution in [1.82, 2.24) is 0 Å². The summed E-state index contributed by atoms with van der Waals surface area (Å²) in [6.45, 7) is 0.371. The van der Waals surface area contributed by atoms with Gasteiger partial charge in [-0.15, -0.1) is 0 Å². The van der Waals surface area contributed by atoms with E-state index in [1.165, 1.54) is 103 Å². The minimum Gasteiger partial charge on any atom is -0.396 e. The summed E-state index contributed by atoms with van der Waals surface area (Å²) in [4.78, 5) is 0. The summed E-state index contributed by atoms with van der Waals surface area (Å²) in [5, 5.41) is 8.69. The van der Waals surface area contributed by atoms with Crippen LogP contribution in [0.3, 0.4) is 0 Å². The third-order valence-corrected chi connectivity index (χ3v) is 4.63. The zero-order chi connectivity index (χ0) is 15.4. The van der Waals surface area contributed by atoms with Gasteiger partial charge >= 0.3 is 0 Å². The number of rotatable bonds is 18. The predicted molar refractivity (Wildman–Crippen MR) is 99.4 cm³/mol. The number of hydrogen-bond acceptors (Lipinski definition) is 2. The van der Waals surface area contributed by atoms with Gasteiger partial charge < -0.3 is 5.11 Å². The number of unbranched alkanes of at least 4 members (excludes halogenated alkanes) is 16. The van der Waals surface area contributed by atoms with E-state index in [4.69, 9.17) is 5.11 Å². The van der Waals surface area contributed by atoms with Crippen molar-refractivity contribution in [3.63, 3.8) is 0 Å². The van der Waals surface area contributed by atoms with Crippen LogP contribution in [0.2, 0.25) is 0 Å². The molecule has 0 spiro atoms. The van der Waals surface area contributed by atoms with E-state index in [9.17, 15) is 0 Å². The normalized spacial score (nSPS) is 11.1. The lowest BCUT2D eigenvalue weighted by Crippen LogP contribution is -1.85. The Balaban J connectivity index is 2.90. The Morgan fingerprint density at radius 3 is 0.857 bits per heavy atom. The first-order chi connectivity index (χ1) is 10.4. The SMILES string of the molecule is OCCCCCCCCCCCCCCCCCCCS. The van der Waals surface area contributed by atoms with Gasteiger partial charge in [-0.1, -0.05) is 96.3 Å². The van der Waals surface area contributed by atoms with Crippen molar-refractivity contribution in [3.8, 4) is 0 Å². The first-order valence-corrected chi connectivity index (χ1v) is 10.3. The molecule has 0 saturated heterocycles. The van der Waals surface area contributed by atoms with Crippen molar-refractivity contribution in [2.75, 3.05) is 12.4 Å². The van der Waals surface area contributed by atoms with Crippen LogP contribution in [0.1, 0.15) is 109 Å². The Labute approximate surface area is 139 Å². The molecule has 0 atom stereocenters. The fourth-order valence-electron chi connectivity index (χ4n) is 2.88. The molecule has 0 aromatic rings. The Bertz CT molecular complexity index is 155. The lowest BCUT2D eigenvalue weighted by molar-refractivity contribution is 0.282. The average Bonchev–Trinajstić information content (AvgIpc) is 2.50. The van der Waals surface area contributed by atoms with E-state index in [-0.39, 0.29) is 0 Å². The maximum Gasteiger partial charge on any atom is 0.0431 e. The van der Waals surface area contributed by atoms with Crippen LogP contribution >= 0.6 is 12.6 Å². The van der Waals surface area contributed by atoms with Gasteiger partial charge in [0.05, 0.1) is 0 Å². The summed E-state index contributed by atoms with van der Waals surface area (Å²) in [5.41, 5.74) is 0. The molecule has 1 nitrogen and oxygen atoms in total. The van der Waals surface area contributed by atoms with Gasteiger partial charge in [-0.05, 0) is 18.6 Å². The average molecular weight is 317 g/mol. The van der Waals surface area contributed by atoms with E-state index in [1.807, 2.05) is 0 Å². The summed E-state index contributed by atoms with van der Waals surface area (Å²) < 4.78 is 0. The van der Waals surface area contributed by atoms with Crippen LogP contribution < -0.4 is 0 Å². The van der Waals surface area contributed by atoms with E-state index >= 15 is 0 Å². The van der Waals surface area contributed by atoms with Crippen LogP contribution in [0.5, 0.6) is 0 Å². The topological polar surface area (TPSA) is 20.2 Å². The number of hydrogen-bond donors (Lipinski definition) is 2. The zero-order valence-corrected chi connectivity index (χ0v) is 15.2. The molecule has 0 aliphatic rings. The molecule has 0 rings (SSSR count). The van der Waals surface area contributed by atoms with Crippen LogP contribution in [-0.4, -0.2) is 17.5 Å². The Kier molecular flexibility index (Phi) is 20.6. The van der Waals surface area contributed by atoms with Crippen LogP contribution in [0, 0.1) is 0 Å². The van der Waals surface area contributed by atoms with Crippen molar-refractivity contribution >= 4 is 12.6 Å². The van der Waals surface area contributed by atoms with Gasteiger partial charge in [0.1, 0.15) is 0 Å². The molecule has 128 valence electrons. The van der Waals surface area contributed by atoms with Crippen molar-refractivity contribution in [1.29, 1.82) is 0 Å². The van der Waals surface area contributed by atoms with E-state index in [2.05, 4.69) is 12.6 Å². The largest absolute Gasteiger partial charge is 0.396 e. The zero-order valence-electron chi connectivity index (χ0n) is 14.3. The highest BCUT2D eigenvalue weighted by atomic mass is 32.1. The third kappa shape index (κ3) is 20.3. The van der Waals surface area contributed by atoms with Gasteiger partial charge in [0.15, 0.2) is 0 Å². The second-order valence-electron chi connectivity index (χ2n) is 6.46. The molecule has 0 heterocycles. The summed E-state index contributed by atoms with van der Waals surface area (Å²) in [6, 6.07) is 0. The molecule has 0 saturated carbocycles. The van der Waals surface area contributed by atoms with E-state index in [1.54, 1.807) is 0 Å². The molecule has 0 amide bonds. The van der Waals surface area contributed by atoms with Crippen LogP contribution in [0.25, 0.3) is 0 Å². The van der Waals surface area contributed by atoms with Crippen LogP contribution in [0.15, 0.2) is 0 Å². The Hall–Kier alpha value is 0.310. The lowest BCUT2D eigenvalue weighted by atomic mass is 10.0. The number of thiol groups is 1. The first kappa shape index (κ1) is 21.3. The number of aliphatic hydroxyl groups is 1. The molecule has 0 aromatic carbocycles. The Morgan fingerprint density at radius 2 is 0.619 bits per heavy atom. The van der Waals surface area contributed by atoms with E-state index < -0.39 is 0 Å². The maximum absolute atomic E-state index is 8.69. The van der Waals surface area contributed by atoms with Crippen LogP contribution in [0.4, 0.5) is 0 Å². The van der Waals surface area contributed by atoms with Crippen molar-refractivity contribution in [2.45, 2.75) is 109 Å². The quantitative estimate of drug-likeness (QED) is 0.217. The first-order valence-electron chi connectivity index (χ1n) is 9.63. The molecule has 0 fully saturated rings. The van der Waals surface area contributed by atoms with Gasteiger partial charge in [-0.3, -0.25) is 0 Å². The molecule has 0 unspecified atom stereocenters. The van der Waals surface area contributed by atoms with E-state index in [0.717, 1.165) is 12.2 Å². The second kappa shape index (κ2) is 20.3. The van der Waals surface area contributed by atoms with E-state index in [0.29, 0.717) is 6.61 Å². The molecule has 0 bridgehead atoms. The molecule has 0 radical (unpaired) electrons. The molecule has 0 aliphatic carbocycles. The monoisotopic (exact) mass is 316 g/mol. The standard InChI is InChI=1S/C19H40OS/c20-18-16-14-12-10-8-6-4-2-1-3-5-7-9-11-13-15-17-19-21/h20-21H,1-19H2. The lowest BCUT2D eigenvalue weighted by Gasteiger charge is -2.03. The molecule has 2 heteroatoms. The molecular weight excluding hydrogens is 276 g/mol. The van der Waals surface area contributed by atoms with Gasteiger partial charge in [0.25, 0.3) is 0 Å². The summed E-state index contributed by atoms with van der Waals surface area (Å²) in [5.74, 6) is 1.06. The fraction of sp³-hybridized carbons (Fsp3) is 1.00. The minimum absolute atomic E-state index is 0.371. The van der Waals surface area contributed by atoms with Crippen LogP contribution in [-0.2, 0) is 0 Å². The van der Waals surface area contributed by atoms with Gasteiger partial charge in [-0.25, -0.2) is 0 Å². The van der Waals surface area contributed by atoms with Gasteiger partial charge in [0, 0.05) is 6.61 Å². The van der Waals surface area contributed by atoms with Crippen molar-refractivity contribution < 1.29 is 5.11 Å². The molecular formula is C19H40OS. The predicted octanol–water partition coefficient (Wildman–Crippen LogP) is 6.54. The molecule has 0 aromatic heterocycles. The second-order valence-corrected chi connectivity index (χ2v) is 6.90. The molecule has 0 aliphatic heterocycles. The minimum atomic E-state index is 0.371. The smallest absolute Gasteiger partial charge is 0.0431 e. The summed E-state index contributed by atoms with van der Waals surface area (Å²) in [6.07, 6.45) is 23.4. The highest BCUT2D eigenvalue weighted by molar-refractivity contribution is 7.80. The maximum atomic E-state index is 8.69. The molecule has 1 N–H and O–H groups in total. The highest BCUT2D eigenvalue weighted by Crippen LogP contribution is 2.14. The molecule has 21 heavy (non-hydrogen) atoms. The number of aliphatic hydroxyl groups excluding tert-OH is 1. The summed E-state index contributed by atoms with van der Waals surface area (Å²) in [7, 11) is 0. The highest BCUT2D eigenvalue weighted by Gasteiger charge is 1.94. The third-order valence-electron chi connectivity index (χ3n) is 4.32. The van der Waals surface area contributed by atoms with Crippen molar-refractivity contribution in [2.24, 2.45) is 0 Å². The van der Waals surface area contributed by atoms with Gasteiger partial charge in [-0.2, -0.15) is 12.6 Å².